The van der Waals surface area contributed by atoms with Gasteiger partial charge in [0, 0.05) is 32.0 Å². The molecule has 0 saturated heterocycles. The Hall–Kier alpha value is -2.50. The maximum atomic E-state index is 6.54. The second-order valence-electron chi connectivity index (χ2n) is 5.34. The van der Waals surface area contributed by atoms with Gasteiger partial charge in [-0.15, -0.1) is 22.7 Å². The zero-order chi connectivity index (χ0) is 16.0. The van der Waals surface area contributed by atoms with E-state index in [0.29, 0.717) is 0 Å². The third-order valence-electron chi connectivity index (χ3n) is 3.85. The van der Waals surface area contributed by atoms with Crippen LogP contribution in [0.15, 0.2) is 54.6 Å². The summed E-state index contributed by atoms with van der Waals surface area (Å²) in [5, 5.41) is 3.76. The Morgan fingerprint density at radius 2 is 1.35 bits per heavy atom. The maximum absolute atomic E-state index is 6.54. The molecule has 0 aliphatic heterocycles. The second kappa shape index (κ2) is 5.30. The van der Waals surface area contributed by atoms with Crippen molar-refractivity contribution in [1.29, 1.82) is 0 Å². The van der Waals surface area contributed by atoms with Crippen LogP contribution in [0.4, 0.5) is 15.7 Å². The molecule has 2 heterocycles. The summed E-state index contributed by atoms with van der Waals surface area (Å²) in [4.78, 5) is 2.19. The first-order valence-electron chi connectivity index (χ1n) is 7.16. The highest BCUT2D eigenvalue weighted by Gasteiger charge is 2.17. The summed E-state index contributed by atoms with van der Waals surface area (Å²) in [7, 11) is 0. The van der Waals surface area contributed by atoms with Crippen molar-refractivity contribution < 1.29 is 0 Å². The first kappa shape index (κ1) is 14.1. The molecule has 0 aliphatic rings. The van der Waals surface area contributed by atoms with Crippen molar-refractivity contribution in [3.8, 4) is 20.9 Å². The molecule has 0 radical (unpaired) electrons. The van der Waals surface area contributed by atoms with E-state index in [4.69, 9.17) is 17.2 Å². The van der Waals surface area contributed by atoms with Crippen molar-refractivity contribution in [1.82, 2.24) is 0 Å². The van der Waals surface area contributed by atoms with Crippen LogP contribution in [0.1, 0.15) is 0 Å². The first-order chi connectivity index (χ1) is 11.1. The maximum Gasteiger partial charge on any atom is 0.0862 e. The predicted octanol–water partition coefficient (Wildman–Crippen LogP) is 5.04. The molecule has 6 N–H and O–H groups in total. The van der Waals surface area contributed by atoms with E-state index >= 15 is 0 Å². The Labute approximate surface area is 142 Å². The van der Waals surface area contributed by atoms with Gasteiger partial charge in [0.1, 0.15) is 0 Å². The Morgan fingerprint density at radius 3 is 2.00 bits per heavy atom. The number of hydrogen-bond acceptors (Lipinski definition) is 5. The molecular weight excluding hydrogens is 322 g/mol. The van der Waals surface area contributed by atoms with Crippen LogP contribution in [0.5, 0.6) is 0 Å². The van der Waals surface area contributed by atoms with Gasteiger partial charge in [0.25, 0.3) is 0 Å². The number of nitrogen functional groups attached to an aromatic ring is 3. The van der Waals surface area contributed by atoms with Gasteiger partial charge in [-0.2, -0.15) is 0 Å². The molecule has 0 spiro atoms. The Bertz CT molecular complexity index is 1010. The summed E-state index contributed by atoms with van der Waals surface area (Å²) >= 11 is 3.12. The molecule has 0 bridgehead atoms. The summed E-state index contributed by atoms with van der Waals surface area (Å²) in [6.45, 7) is 0. The molecule has 0 fully saturated rings. The van der Waals surface area contributed by atoms with E-state index in [1.165, 1.54) is 0 Å². The molecule has 0 saturated carbocycles. The third-order valence-corrected chi connectivity index (χ3v) is 5.73. The van der Waals surface area contributed by atoms with Gasteiger partial charge in [-0.3, -0.25) is 0 Å². The van der Waals surface area contributed by atoms with Crippen LogP contribution in [-0.2, 0) is 0 Å². The molecule has 3 nitrogen and oxygen atoms in total. The molecule has 2 aromatic carbocycles. The van der Waals surface area contributed by atoms with Gasteiger partial charge in [0.05, 0.1) is 10.0 Å². The molecule has 23 heavy (non-hydrogen) atoms. The fourth-order valence-corrected chi connectivity index (χ4v) is 4.47. The quantitative estimate of drug-likeness (QED) is 0.448. The van der Waals surface area contributed by atoms with Crippen LogP contribution < -0.4 is 17.2 Å². The Morgan fingerprint density at radius 1 is 0.696 bits per heavy atom. The molecular formula is C18H15N3S2. The van der Waals surface area contributed by atoms with E-state index in [1.54, 1.807) is 22.7 Å². The average molecular weight is 337 g/mol. The summed E-state index contributed by atoms with van der Waals surface area (Å²) in [5.41, 5.74) is 21.3. The van der Waals surface area contributed by atoms with E-state index in [9.17, 15) is 0 Å². The lowest BCUT2D eigenvalue weighted by molar-refractivity contribution is 1.70. The Balaban J connectivity index is 2.10. The normalized spacial score (nSPS) is 11.1. The van der Waals surface area contributed by atoms with Gasteiger partial charge in [0.2, 0.25) is 0 Å². The fraction of sp³-hybridized carbons (Fsp3) is 0. The number of nitrogens with two attached hydrogens (primary N) is 3. The van der Waals surface area contributed by atoms with Crippen LogP contribution in [0.2, 0.25) is 0 Å². The number of anilines is 3. The van der Waals surface area contributed by atoms with E-state index < -0.39 is 0 Å². The zero-order valence-electron chi connectivity index (χ0n) is 12.2. The van der Waals surface area contributed by atoms with Crippen LogP contribution in [-0.4, -0.2) is 0 Å². The zero-order valence-corrected chi connectivity index (χ0v) is 13.9. The number of thiophene rings is 2. The number of fused-ring (bicyclic) bond motifs is 1. The van der Waals surface area contributed by atoms with Crippen LogP contribution >= 0.6 is 22.7 Å². The van der Waals surface area contributed by atoms with Gasteiger partial charge in [-0.25, -0.2) is 0 Å². The lowest BCUT2D eigenvalue weighted by Gasteiger charge is -2.13. The third kappa shape index (κ3) is 2.34. The first-order valence-corrected chi connectivity index (χ1v) is 8.79. The largest absolute Gasteiger partial charge is 0.398 e. The molecule has 5 heteroatoms. The van der Waals surface area contributed by atoms with Gasteiger partial charge in [-0.1, -0.05) is 24.3 Å². The van der Waals surface area contributed by atoms with E-state index in [1.807, 2.05) is 36.4 Å². The number of benzene rings is 2. The van der Waals surface area contributed by atoms with Gasteiger partial charge in [-0.05, 0) is 35.7 Å². The van der Waals surface area contributed by atoms with Gasteiger partial charge >= 0.3 is 0 Å². The minimum Gasteiger partial charge on any atom is -0.398 e. The van der Waals surface area contributed by atoms with Crippen LogP contribution in [0.3, 0.4) is 0 Å². The van der Waals surface area contributed by atoms with Crippen LogP contribution in [0.25, 0.3) is 31.7 Å². The molecule has 2 aromatic heterocycles. The topological polar surface area (TPSA) is 78.1 Å². The summed E-state index contributed by atoms with van der Waals surface area (Å²) in [6.07, 6.45) is 0. The average Bonchev–Trinajstić information content (AvgIpc) is 3.16. The summed E-state index contributed by atoms with van der Waals surface area (Å²) < 4.78 is 0. The lowest BCUT2D eigenvalue weighted by atomic mass is 9.96. The predicted molar refractivity (Wildman–Crippen MR) is 104 cm³/mol. The van der Waals surface area contributed by atoms with Crippen LogP contribution in [0, 0.1) is 0 Å². The standard InChI is InChI=1S/C18H15N3S2/c19-15-7-5-13(22-15)12-9-10-3-1-2-4-11(10)18(21)17(12)14-6-8-16(20)23-14/h1-9H,19-21H2. The van der Waals surface area contributed by atoms with Gasteiger partial charge < -0.3 is 17.2 Å². The van der Waals surface area contributed by atoms with Crippen molar-refractivity contribution in [2.24, 2.45) is 0 Å². The highest BCUT2D eigenvalue weighted by Crippen LogP contribution is 2.46. The van der Waals surface area contributed by atoms with Crippen molar-refractivity contribution in [3.63, 3.8) is 0 Å². The van der Waals surface area contributed by atoms with Gasteiger partial charge in [0.15, 0.2) is 0 Å². The number of hydrogen-bond donors (Lipinski definition) is 3. The molecule has 4 rings (SSSR count). The van der Waals surface area contributed by atoms with E-state index in [-0.39, 0.29) is 0 Å². The Kier molecular flexibility index (Phi) is 3.25. The van der Waals surface area contributed by atoms with Crippen molar-refractivity contribution in [2.75, 3.05) is 17.2 Å². The summed E-state index contributed by atoms with van der Waals surface area (Å²) in [5.74, 6) is 0. The highest BCUT2D eigenvalue weighted by atomic mass is 32.1. The highest BCUT2D eigenvalue weighted by molar-refractivity contribution is 7.20. The number of rotatable bonds is 2. The summed E-state index contributed by atoms with van der Waals surface area (Å²) in [6, 6.07) is 18.3. The fourth-order valence-electron chi connectivity index (χ4n) is 2.82. The lowest BCUT2D eigenvalue weighted by Crippen LogP contribution is -1.94. The smallest absolute Gasteiger partial charge is 0.0862 e. The van der Waals surface area contributed by atoms with Crippen molar-refractivity contribution >= 4 is 49.1 Å². The van der Waals surface area contributed by atoms with Crippen molar-refractivity contribution in [3.05, 3.63) is 54.6 Å². The van der Waals surface area contributed by atoms with Crippen molar-refractivity contribution in [2.45, 2.75) is 0 Å². The van der Waals surface area contributed by atoms with E-state index in [2.05, 4.69) is 18.2 Å². The molecule has 0 unspecified atom stereocenters. The monoisotopic (exact) mass is 337 g/mol. The minimum atomic E-state index is 0.782. The second-order valence-corrected chi connectivity index (χ2v) is 7.57. The SMILES string of the molecule is Nc1ccc(-c2cc3ccccc3c(N)c2-c2ccc(N)s2)s1. The molecule has 0 aliphatic carbocycles. The minimum absolute atomic E-state index is 0.782. The molecule has 0 amide bonds. The molecule has 0 atom stereocenters. The molecule has 4 aromatic rings. The van der Waals surface area contributed by atoms with E-state index in [0.717, 1.165) is 47.3 Å². The molecule has 114 valence electrons.